The Labute approximate surface area is 107 Å². The number of ether oxygens (including phenoxy) is 1. The van der Waals surface area contributed by atoms with Crippen LogP contribution in [0.25, 0.3) is 0 Å². The topological polar surface area (TPSA) is 149 Å². The number of rotatable bonds is 2. The molecule has 106 valence electrons. The molecule has 4 atom stereocenters. The largest absolute Gasteiger partial charge is 0.394 e. The number of aliphatic hydroxyl groups excluding tert-OH is 3. The summed E-state index contributed by atoms with van der Waals surface area (Å²) in [6.07, 6.45) is -3.58. The van der Waals surface area contributed by atoms with Gasteiger partial charge in [-0.3, -0.25) is 14.3 Å². The Morgan fingerprint density at radius 1 is 1.37 bits per heavy atom. The fraction of sp³-hybridized carbons (Fsp3) is 0.500. The molecule has 0 unspecified atom stereocenters. The van der Waals surface area contributed by atoms with Crippen LogP contribution in [-0.2, 0) is 4.74 Å². The predicted octanol–water partition coefficient (Wildman–Crippen LogP) is -2.59. The summed E-state index contributed by atoms with van der Waals surface area (Å²) in [6, 6.07) is 1.09. The average Bonchev–Trinajstić information content (AvgIpc) is 2.69. The standard InChI is InChI=1S/C9H12N2O6.CH3N/c12-3-4-6(14)7(15)8(17-4)11-2-1-5(13)10-9(11)16;1-2/h1-2,4,6-8,12,14-15H,3H2,(H,10,13,16);2H,1H2/t4-,6-,7-,8-;/m1./s1. The molecule has 0 radical (unpaired) electrons. The van der Waals surface area contributed by atoms with Crippen LogP contribution in [-0.4, -0.2) is 56.5 Å². The van der Waals surface area contributed by atoms with Crippen molar-refractivity contribution in [2.45, 2.75) is 24.5 Å². The van der Waals surface area contributed by atoms with E-state index in [1.807, 2.05) is 4.98 Å². The highest BCUT2D eigenvalue weighted by Crippen LogP contribution is 2.27. The summed E-state index contributed by atoms with van der Waals surface area (Å²) < 4.78 is 6.08. The average molecular weight is 273 g/mol. The van der Waals surface area contributed by atoms with Crippen molar-refractivity contribution in [2.24, 2.45) is 0 Å². The van der Waals surface area contributed by atoms with E-state index in [-0.39, 0.29) is 0 Å². The Bertz CT molecular complexity index is 526. The van der Waals surface area contributed by atoms with Crippen LogP contribution in [0.2, 0.25) is 0 Å². The zero-order valence-electron chi connectivity index (χ0n) is 9.89. The lowest BCUT2D eigenvalue weighted by Gasteiger charge is -2.16. The van der Waals surface area contributed by atoms with Crippen LogP contribution in [0, 0.1) is 5.41 Å². The van der Waals surface area contributed by atoms with Gasteiger partial charge in [0.25, 0.3) is 5.56 Å². The molecule has 2 rings (SSSR count). The Morgan fingerprint density at radius 2 is 2.00 bits per heavy atom. The van der Waals surface area contributed by atoms with Crippen LogP contribution < -0.4 is 11.2 Å². The second kappa shape index (κ2) is 6.38. The minimum Gasteiger partial charge on any atom is -0.394 e. The number of aliphatic hydroxyl groups is 3. The summed E-state index contributed by atoms with van der Waals surface area (Å²) in [5.41, 5.74) is -1.33. The maximum Gasteiger partial charge on any atom is 0.330 e. The van der Waals surface area contributed by atoms with Crippen LogP contribution in [0.1, 0.15) is 6.23 Å². The van der Waals surface area contributed by atoms with E-state index >= 15 is 0 Å². The first-order valence-corrected chi connectivity index (χ1v) is 5.34. The van der Waals surface area contributed by atoms with Crippen molar-refractivity contribution in [2.75, 3.05) is 6.61 Å². The number of H-pyrrole nitrogens is 1. The molecule has 0 bridgehead atoms. The molecular formula is C10H15N3O6. The maximum absolute atomic E-state index is 11.4. The van der Waals surface area contributed by atoms with Crippen LogP contribution >= 0.6 is 0 Å². The molecule has 9 nitrogen and oxygen atoms in total. The summed E-state index contributed by atoms with van der Waals surface area (Å²) in [6.45, 7) is 2.02. The van der Waals surface area contributed by atoms with Gasteiger partial charge in [0.15, 0.2) is 6.23 Å². The number of hydrogen-bond acceptors (Lipinski definition) is 7. The second-order valence-electron chi connectivity index (χ2n) is 3.75. The van der Waals surface area contributed by atoms with Gasteiger partial charge in [0, 0.05) is 12.3 Å². The molecule has 0 aromatic carbocycles. The van der Waals surface area contributed by atoms with Gasteiger partial charge < -0.3 is 25.5 Å². The molecular weight excluding hydrogens is 258 g/mol. The van der Waals surface area contributed by atoms with Crippen LogP contribution in [0.15, 0.2) is 21.9 Å². The van der Waals surface area contributed by atoms with Gasteiger partial charge in [-0.05, 0) is 6.72 Å². The van der Waals surface area contributed by atoms with E-state index in [9.17, 15) is 19.8 Å². The monoisotopic (exact) mass is 273 g/mol. The summed E-state index contributed by atoms with van der Waals surface area (Å²) in [4.78, 5) is 24.3. The van der Waals surface area contributed by atoms with Gasteiger partial charge in [-0.2, -0.15) is 0 Å². The highest BCUT2D eigenvalue weighted by molar-refractivity contribution is 5.15. The normalized spacial score (nSPS) is 29.6. The summed E-state index contributed by atoms with van der Waals surface area (Å²) in [5.74, 6) is 0. The van der Waals surface area contributed by atoms with E-state index in [0.29, 0.717) is 0 Å². The Hall–Kier alpha value is -1.81. The van der Waals surface area contributed by atoms with E-state index in [0.717, 1.165) is 16.8 Å². The molecule has 1 fully saturated rings. The minimum absolute atomic E-state index is 0.479. The third-order valence-electron chi connectivity index (χ3n) is 2.64. The molecule has 0 saturated carbocycles. The first kappa shape index (κ1) is 15.2. The molecule has 0 amide bonds. The Morgan fingerprint density at radius 3 is 2.47 bits per heavy atom. The minimum atomic E-state index is -1.35. The van der Waals surface area contributed by atoms with Gasteiger partial charge in [0.1, 0.15) is 18.3 Å². The van der Waals surface area contributed by atoms with Crippen molar-refractivity contribution in [3.63, 3.8) is 0 Å². The summed E-state index contributed by atoms with van der Waals surface area (Å²) in [5, 5.41) is 33.6. The lowest BCUT2D eigenvalue weighted by molar-refractivity contribution is -0.0550. The molecule has 0 spiro atoms. The molecule has 1 aromatic rings. The number of nitrogens with zero attached hydrogens (tertiary/aromatic N) is 1. The van der Waals surface area contributed by atoms with E-state index in [1.165, 1.54) is 0 Å². The van der Waals surface area contributed by atoms with Gasteiger partial charge in [-0.15, -0.1) is 0 Å². The fourth-order valence-corrected chi connectivity index (χ4v) is 1.74. The van der Waals surface area contributed by atoms with Crippen molar-refractivity contribution in [3.8, 4) is 0 Å². The third kappa shape index (κ3) is 2.96. The number of aromatic amines is 1. The first-order valence-electron chi connectivity index (χ1n) is 5.34. The van der Waals surface area contributed by atoms with Crippen LogP contribution in [0.4, 0.5) is 0 Å². The van der Waals surface area contributed by atoms with Crippen LogP contribution in [0.5, 0.6) is 0 Å². The quantitative estimate of drug-likeness (QED) is 0.373. The molecule has 1 aliphatic heterocycles. The third-order valence-corrected chi connectivity index (χ3v) is 2.64. The van der Waals surface area contributed by atoms with Crippen molar-refractivity contribution in [1.82, 2.24) is 9.55 Å². The summed E-state index contributed by atoms with van der Waals surface area (Å²) >= 11 is 0. The van der Waals surface area contributed by atoms with Crippen molar-refractivity contribution < 1.29 is 20.1 Å². The smallest absolute Gasteiger partial charge is 0.330 e. The number of aromatic nitrogens is 2. The fourth-order valence-electron chi connectivity index (χ4n) is 1.74. The van der Waals surface area contributed by atoms with Gasteiger partial charge in [0.05, 0.1) is 6.61 Å². The molecule has 9 heteroatoms. The molecule has 1 aromatic heterocycles. The zero-order chi connectivity index (χ0) is 14.6. The predicted molar refractivity (Wildman–Crippen MR) is 64.2 cm³/mol. The van der Waals surface area contributed by atoms with Gasteiger partial charge in [-0.25, -0.2) is 4.79 Å². The van der Waals surface area contributed by atoms with Gasteiger partial charge in [0.2, 0.25) is 0 Å². The molecule has 1 saturated heterocycles. The highest BCUT2D eigenvalue weighted by atomic mass is 16.6. The van der Waals surface area contributed by atoms with Crippen molar-refractivity contribution >= 4 is 6.72 Å². The number of hydrogen-bond donors (Lipinski definition) is 5. The molecule has 0 aliphatic carbocycles. The van der Waals surface area contributed by atoms with Crippen molar-refractivity contribution in [3.05, 3.63) is 33.1 Å². The lowest BCUT2D eigenvalue weighted by atomic mass is 10.1. The molecule has 2 heterocycles. The first-order chi connectivity index (χ1) is 9.04. The lowest BCUT2D eigenvalue weighted by Crippen LogP contribution is -2.37. The molecule has 19 heavy (non-hydrogen) atoms. The Balaban J connectivity index is 0.000000861. The van der Waals surface area contributed by atoms with Gasteiger partial charge >= 0.3 is 5.69 Å². The maximum atomic E-state index is 11.4. The van der Waals surface area contributed by atoms with Crippen molar-refractivity contribution in [1.29, 1.82) is 5.41 Å². The number of nitrogens with one attached hydrogen (secondary N) is 2. The SMILES string of the molecule is C=N.O=c1ccn([C@@H]2O[C@H](CO)[C@@H](O)[C@H]2O)c(=O)[nH]1. The highest BCUT2D eigenvalue weighted by Gasteiger charge is 2.43. The van der Waals surface area contributed by atoms with E-state index in [1.54, 1.807) is 0 Å². The second-order valence-corrected chi connectivity index (χ2v) is 3.75. The van der Waals surface area contributed by atoms with Gasteiger partial charge in [-0.1, -0.05) is 0 Å². The Kier molecular flexibility index (Phi) is 5.12. The van der Waals surface area contributed by atoms with Crippen LogP contribution in [0.3, 0.4) is 0 Å². The van der Waals surface area contributed by atoms with E-state index in [2.05, 4.69) is 6.72 Å². The molecule has 1 aliphatic rings. The molecule has 5 N–H and O–H groups in total. The summed E-state index contributed by atoms with van der Waals surface area (Å²) in [7, 11) is 0. The zero-order valence-corrected chi connectivity index (χ0v) is 9.89. The van der Waals surface area contributed by atoms with E-state index < -0.39 is 42.4 Å². The van der Waals surface area contributed by atoms with E-state index in [4.69, 9.17) is 15.3 Å².